The van der Waals surface area contributed by atoms with E-state index in [4.69, 9.17) is 10.3 Å². The van der Waals surface area contributed by atoms with Crippen molar-refractivity contribution in [1.29, 1.82) is 0 Å². The van der Waals surface area contributed by atoms with Gasteiger partial charge in [0.2, 0.25) is 5.89 Å². The van der Waals surface area contributed by atoms with Crippen LogP contribution in [0.4, 0.5) is 0 Å². The van der Waals surface area contributed by atoms with Gasteiger partial charge in [0.25, 0.3) is 0 Å². The normalized spacial score (nSPS) is 18.7. The third kappa shape index (κ3) is 2.90. The van der Waals surface area contributed by atoms with E-state index in [0.717, 1.165) is 57.6 Å². The van der Waals surface area contributed by atoms with Gasteiger partial charge < -0.3 is 15.2 Å². The van der Waals surface area contributed by atoms with Gasteiger partial charge >= 0.3 is 0 Å². The minimum atomic E-state index is -0.361. The first kappa shape index (κ1) is 13.5. The standard InChI is InChI=1S/C13H24N4O/c1-3-17(4-2)10-7-11-15-12(18-16-11)13(14)8-5-6-9-13/h3-10,14H2,1-2H3. The molecule has 2 rings (SSSR count). The first-order valence-corrected chi connectivity index (χ1v) is 7.02. The van der Waals surface area contributed by atoms with Crippen LogP contribution in [0.3, 0.4) is 0 Å². The molecular formula is C13H24N4O. The van der Waals surface area contributed by atoms with Crippen molar-refractivity contribution in [1.82, 2.24) is 15.0 Å². The van der Waals surface area contributed by atoms with E-state index in [1.807, 2.05) is 0 Å². The molecule has 0 bridgehead atoms. The van der Waals surface area contributed by atoms with Crippen LogP contribution in [0.1, 0.15) is 51.2 Å². The van der Waals surface area contributed by atoms with E-state index in [9.17, 15) is 0 Å². The molecule has 0 amide bonds. The molecule has 1 aromatic rings. The third-order valence-corrected chi connectivity index (χ3v) is 3.94. The SMILES string of the molecule is CCN(CC)CCc1noc(C2(N)CCCC2)n1. The first-order chi connectivity index (χ1) is 8.68. The van der Waals surface area contributed by atoms with E-state index < -0.39 is 0 Å². The van der Waals surface area contributed by atoms with Crippen molar-refractivity contribution in [3.8, 4) is 0 Å². The average Bonchev–Trinajstić information content (AvgIpc) is 3.00. The lowest BCUT2D eigenvalue weighted by atomic mass is 9.99. The van der Waals surface area contributed by atoms with Crippen LogP contribution in [0.25, 0.3) is 0 Å². The van der Waals surface area contributed by atoms with Crippen molar-refractivity contribution in [3.05, 3.63) is 11.7 Å². The van der Waals surface area contributed by atoms with Crippen LogP contribution >= 0.6 is 0 Å². The summed E-state index contributed by atoms with van der Waals surface area (Å²) in [5.74, 6) is 1.42. The second-order valence-corrected chi connectivity index (χ2v) is 5.16. The molecule has 2 N–H and O–H groups in total. The molecule has 0 aromatic carbocycles. The predicted octanol–water partition coefficient (Wildman–Crippen LogP) is 1.68. The van der Waals surface area contributed by atoms with Gasteiger partial charge in [-0.15, -0.1) is 0 Å². The highest BCUT2D eigenvalue weighted by molar-refractivity contribution is 5.04. The van der Waals surface area contributed by atoms with Crippen molar-refractivity contribution in [3.63, 3.8) is 0 Å². The summed E-state index contributed by atoms with van der Waals surface area (Å²) in [6.07, 6.45) is 5.08. The van der Waals surface area contributed by atoms with Gasteiger partial charge in [0.05, 0.1) is 5.54 Å². The zero-order valence-corrected chi connectivity index (χ0v) is 11.5. The Morgan fingerprint density at radius 3 is 2.56 bits per heavy atom. The highest BCUT2D eigenvalue weighted by Gasteiger charge is 2.36. The Morgan fingerprint density at radius 1 is 1.28 bits per heavy atom. The minimum Gasteiger partial charge on any atom is -0.337 e. The molecule has 0 spiro atoms. The Balaban J connectivity index is 1.94. The van der Waals surface area contributed by atoms with Gasteiger partial charge in [-0.25, -0.2) is 0 Å². The van der Waals surface area contributed by atoms with E-state index >= 15 is 0 Å². The van der Waals surface area contributed by atoms with Crippen LogP contribution in [0, 0.1) is 0 Å². The summed E-state index contributed by atoms with van der Waals surface area (Å²) in [6, 6.07) is 0. The Labute approximate surface area is 109 Å². The van der Waals surface area contributed by atoms with Gasteiger partial charge in [-0.1, -0.05) is 31.8 Å². The molecule has 18 heavy (non-hydrogen) atoms. The Kier molecular flexibility index (Phi) is 4.35. The van der Waals surface area contributed by atoms with Crippen molar-refractivity contribution in [2.24, 2.45) is 5.73 Å². The van der Waals surface area contributed by atoms with Crippen LogP contribution in [-0.4, -0.2) is 34.7 Å². The first-order valence-electron chi connectivity index (χ1n) is 7.02. The molecule has 1 heterocycles. The molecule has 1 aliphatic rings. The summed E-state index contributed by atoms with van der Waals surface area (Å²) in [4.78, 5) is 6.83. The second-order valence-electron chi connectivity index (χ2n) is 5.16. The monoisotopic (exact) mass is 252 g/mol. The molecule has 102 valence electrons. The van der Waals surface area contributed by atoms with E-state index in [1.54, 1.807) is 0 Å². The van der Waals surface area contributed by atoms with Crippen LogP contribution < -0.4 is 5.73 Å². The van der Waals surface area contributed by atoms with Crippen LogP contribution in [-0.2, 0) is 12.0 Å². The molecule has 0 atom stereocenters. The molecule has 5 heteroatoms. The van der Waals surface area contributed by atoms with Crippen molar-refractivity contribution < 1.29 is 4.52 Å². The topological polar surface area (TPSA) is 68.2 Å². The summed E-state index contributed by atoms with van der Waals surface area (Å²) in [5, 5.41) is 4.05. The second kappa shape index (κ2) is 5.80. The maximum atomic E-state index is 6.30. The van der Waals surface area contributed by atoms with E-state index in [0.29, 0.717) is 5.89 Å². The Morgan fingerprint density at radius 2 is 1.94 bits per heavy atom. The smallest absolute Gasteiger partial charge is 0.246 e. The van der Waals surface area contributed by atoms with Crippen molar-refractivity contribution in [2.45, 2.75) is 51.5 Å². The highest BCUT2D eigenvalue weighted by atomic mass is 16.5. The molecule has 1 aliphatic carbocycles. The Bertz CT molecular complexity index is 367. The van der Waals surface area contributed by atoms with Crippen molar-refractivity contribution >= 4 is 0 Å². The number of aromatic nitrogens is 2. The molecule has 0 radical (unpaired) electrons. The molecular weight excluding hydrogens is 228 g/mol. The van der Waals surface area contributed by atoms with Gasteiger partial charge in [0, 0.05) is 13.0 Å². The summed E-state index contributed by atoms with van der Waals surface area (Å²) >= 11 is 0. The molecule has 5 nitrogen and oxygen atoms in total. The fourth-order valence-electron chi connectivity index (χ4n) is 2.58. The minimum absolute atomic E-state index is 0.361. The lowest BCUT2D eigenvalue weighted by Crippen LogP contribution is -2.33. The molecule has 1 saturated carbocycles. The largest absolute Gasteiger partial charge is 0.337 e. The number of hydrogen-bond donors (Lipinski definition) is 1. The fraction of sp³-hybridized carbons (Fsp3) is 0.846. The summed E-state index contributed by atoms with van der Waals surface area (Å²) < 4.78 is 5.35. The maximum absolute atomic E-state index is 6.30. The third-order valence-electron chi connectivity index (χ3n) is 3.94. The van der Waals surface area contributed by atoms with Crippen LogP contribution in [0.5, 0.6) is 0 Å². The van der Waals surface area contributed by atoms with Crippen molar-refractivity contribution in [2.75, 3.05) is 19.6 Å². The van der Waals surface area contributed by atoms with E-state index in [2.05, 4.69) is 28.9 Å². The average molecular weight is 252 g/mol. The summed E-state index contributed by atoms with van der Waals surface area (Å²) in [7, 11) is 0. The molecule has 0 aliphatic heterocycles. The highest BCUT2D eigenvalue weighted by Crippen LogP contribution is 2.35. The predicted molar refractivity (Wildman–Crippen MR) is 70.1 cm³/mol. The maximum Gasteiger partial charge on any atom is 0.246 e. The zero-order valence-electron chi connectivity index (χ0n) is 11.5. The van der Waals surface area contributed by atoms with E-state index in [-0.39, 0.29) is 5.54 Å². The lowest BCUT2D eigenvalue weighted by molar-refractivity contribution is 0.281. The zero-order chi connectivity index (χ0) is 13.0. The molecule has 0 saturated heterocycles. The van der Waals surface area contributed by atoms with E-state index in [1.165, 1.54) is 0 Å². The van der Waals surface area contributed by atoms with Gasteiger partial charge in [0.1, 0.15) is 0 Å². The van der Waals surface area contributed by atoms with Gasteiger partial charge in [-0.2, -0.15) is 4.98 Å². The Hall–Kier alpha value is -0.940. The molecule has 0 unspecified atom stereocenters. The summed E-state index contributed by atoms with van der Waals surface area (Å²) in [5.41, 5.74) is 5.93. The quantitative estimate of drug-likeness (QED) is 0.834. The number of hydrogen-bond acceptors (Lipinski definition) is 5. The van der Waals surface area contributed by atoms with Gasteiger partial charge in [0.15, 0.2) is 5.82 Å². The number of nitrogens with two attached hydrogens (primary N) is 1. The van der Waals surface area contributed by atoms with Crippen LogP contribution in [0.2, 0.25) is 0 Å². The molecule has 1 aromatic heterocycles. The number of rotatable bonds is 6. The summed E-state index contributed by atoms with van der Waals surface area (Å²) in [6.45, 7) is 7.42. The van der Waals surface area contributed by atoms with Gasteiger partial charge in [-0.3, -0.25) is 0 Å². The number of nitrogens with zero attached hydrogens (tertiary/aromatic N) is 3. The number of likely N-dealkylation sites (N-methyl/N-ethyl adjacent to an activating group) is 1. The molecule has 1 fully saturated rings. The fourth-order valence-corrected chi connectivity index (χ4v) is 2.58. The van der Waals surface area contributed by atoms with Crippen LogP contribution in [0.15, 0.2) is 4.52 Å². The lowest BCUT2D eigenvalue weighted by Gasteiger charge is -2.17. The van der Waals surface area contributed by atoms with Gasteiger partial charge in [-0.05, 0) is 25.9 Å².